The van der Waals surface area contributed by atoms with Gasteiger partial charge >= 0.3 is 5.69 Å². The normalized spacial score (nSPS) is 9.40. The lowest BCUT2D eigenvalue weighted by Gasteiger charge is -2.06. The van der Waals surface area contributed by atoms with Crippen LogP contribution in [0.2, 0.25) is 5.02 Å². The van der Waals surface area contributed by atoms with Gasteiger partial charge in [0.1, 0.15) is 0 Å². The van der Waals surface area contributed by atoms with Crippen molar-refractivity contribution >= 4 is 17.3 Å². The maximum Gasteiger partial charge on any atom is 0.313 e. The second kappa shape index (κ2) is 4.62. The van der Waals surface area contributed by atoms with Crippen molar-refractivity contribution in [2.45, 2.75) is 6.92 Å². The Morgan fingerprint density at radius 2 is 2.33 bits per heavy atom. The number of nitrogens with zero attached hydrogens (tertiary/aromatic N) is 2. The highest BCUT2D eigenvalue weighted by Gasteiger charge is 2.20. The largest absolute Gasteiger partial charge is 0.486 e. The van der Waals surface area contributed by atoms with Crippen molar-refractivity contribution in [3.63, 3.8) is 0 Å². The number of hydrogen-bond donors (Lipinski definition) is 0. The quantitative estimate of drug-likeness (QED) is 0.586. The molecule has 0 spiro atoms. The average Bonchev–Trinajstić information content (AvgIpc) is 2.20. The molecule has 15 heavy (non-hydrogen) atoms. The Hall–Kier alpha value is -1.80. The SMILES string of the molecule is CCOc1c(Cl)cc(C#N)cc1[N+](=O)[O-]. The number of benzene rings is 1. The molecule has 5 nitrogen and oxygen atoms in total. The topological polar surface area (TPSA) is 76.2 Å². The van der Waals surface area contributed by atoms with Gasteiger partial charge in [0.25, 0.3) is 0 Å². The van der Waals surface area contributed by atoms with Crippen molar-refractivity contribution in [1.82, 2.24) is 0 Å². The van der Waals surface area contributed by atoms with E-state index in [2.05, 4.69) is 0 Å². The van der Waals surface area contributed by atoms with Gasteiger partial charge in [-0.05, 0) is 13.0 Å². The van der Waals surface area contributed by atoms with Crippen LogP contribution in [0.1, 0.15) is 12.5 Å². The minimum Gasteiger partial charge on any atom is -0.486 e. The first kappa shape index (κ1) is 11.3. The fraction of sp³-hybridized carbons (Fsp3) is 0.222. The van der Waals surface area contributed by atoms with Crippen LogP contribution in [0.3, 0.4) is 0 Å². The first-order valence-electron chi connectivity index (χ1n) is 4.11. The van der Waals surface area contributed by atoms with E-state index in [0.29, 0.717) is 0 Å². The molecule has 0 aliphatic carbocycles. The third-order valence-corrected chi connectivity index (χ3v) is 1.92. The van der Waals surface area contributed by atoms with Gasteiger partial charge in [-0.2, -0.15) is 5.26 Å². The standard InChI is InChI=1S/C9H7ClN2O3/c1-2-15-9-7(10)3-6(5-11)4-8(9)12(13)14/h3-4H,2H2,1H3. The highest BCUT2D eigenvalue weighted by molar-refractivity contribution is 6.32. The summed E-state index contributed by atoms with van der Waals surface area (Å²) in [5.74, 6) is 0.00293. The Morgan fingerprint density at radius 3 is 2.80 bits per heavy atom. The molecule has 0 fully saturated rings. The van der Waals surface area contributed by atoms with Crippen LogP contribution in [0.5, 0.6) is 5.75 Å². The summed E-state index contributed by atoms with van der Waals surface area (Å²) in [6.45, 7) is 1.96. The summed E-state index contributed by atoms with van der Waals surface area (Å²) in [6, 6.07) is 4.26. The van der Waals surface area contributed by atoms with Crippen molar-refractivity contribution in [2.75, 3.05) is 6.61 Å². The second-order valence-corrected chi connectivity index (χ2v) is 3.02. The van der Waals surface area contributed by atoms with Crippen LogP contribution in [-0.2, 0) is 0 Å². The van der Waals surface area contributed by atoms with Crippen LogP contribution in [0, 0.1) is 21.4 Å². The number of nitriles is 1. The number of hydrogen-bond acceptors (Lipinski definition) is 4. The molecule has 0 unspecified atom stereocenters. The fourth-order valence-electron chi connectivity index (χ4n) is 1.07. The predicted octanol–water partition coefficient (Wildman–Crippen LogP) is 2.52. The smallest absolute Gasteiger partial charge is 0.313 e. The van der Waals surface area contributed by atoms with E-state index in [-0.39, 0.29) is 28.6 Å². The molecule has 0 bridgehead atoms. The van der Waals surface area contributed by atoms with E-state index in [4.69, 9.17) is 21.6 Å². The maximum atomic E-state index is 10.7. The molecule has 0 atom stereocenters. The number of ether oxygens (including phenoxy) is 1. The molecule has 0 aromatic heterocycles. The highest BCUT2D eigenvalue weighted by Crippen LogP contribution is 2.35. The van der Waals surface area contributed by atoms with Gasteiger partial charge in [-0.1, -0.05) is 11.6 Å². The minimum absolute atomic E-state index is 0.00293. The monoisotopic (exact) mass is 226 g/mol. The molecule has 0 aliphatic heterocycles. The molecule has 0 aliphatic rings. The van der Waals surface area contributed by atoms with Crippen LogP contribution in [0.15, 0.2) is 12.1 Å². The Kier molecular flexibility index (Phi) is 3.47. The van der Waals surface area contributed by atoms with Crippen molar-refractivity contribution in [3.8, 4) is 11.8 Å². The molecule has 0 saturated carbocycles. The first-order chi connectivity index (χ1) is 7.10. The first-order valence-corrected chi connectivity index (χ1v) is 4.48. The molecular formula is C9H7ClN2O3. The van der Waals surface area contributed by atoms with E-state index >= 15 is 0 Å². The molecule has 0 radical (unpaired) electrons. The zero-order valence-corrected chi connectivity index (χ0v) is 8.61. The van der Waals surface area contributed by atoms with Crippen molar-refractivity contribution in [1.29, 1.82) is 5.26 Å². The van der Waals surface area contributed by atoms with Gasteiger partial charge in [0.2, 0.25) is 5.75 Å². The van der Waals surface area contributed by atoms with E-state index in [1.807, 2.05) is 0 Å². The summed E-state index contributed by atoms with van der Waals surface area (Å²) in [5.41, 5.74) is -0.156. The van der Waals surface area contributed by atoms with E-state index in [9.17, 15) is 10.1 Å². The van der Waals surface area contributed by atoms with Crippen molar-refractivity contribution < 1.29 is 9.66 Å². The summed E-state index contributed by atoms with van der Waals surface area (Å²) in [7, 11) is 0. The number of halogens is 1. The van der Waals surface area contributed by atoms with Gasteiger partial charge in [-0.3, -0.25) is 10.1 Å². The van der Waals surface area contributed by atoms with Crippen LogP contribution in [-0.4, -0.2) is 11.5 Å². The Balaban J connectivity index is 3.37. The molecule has 0 amide bonds. The van der Waals surface area contributed by atoms with Crippen LogP contribution < -0.4 is 4.74 Å². The molecule has 1 aromatic rings. The molecule has 0 N–H and O–H groups in total. The van der Waals surface area contributed by atoms with E-state index in [1.165, 1.54) is 6.07 Å². The summed E-state index contributed by atoms with van der Waals surface area (Å²) in [4.78, 5) is 10.0. The van der Waals surface area contributed by atoms with Gasteiger partial charge in [0.15, 0.2) is 0 Å². The molecule has 0 saturated heterocycles. The average molecular weight is 227 g/mol. The third kappa shape index (κ3) is 2.36. The summed E-state index contributed by atoms with van der Waals surface area (Å²) in [6.07, 6.45) is 0. The summed E-state index contributed by atoms with van der Waals surface area (Å²) < 4.78 is 5.05. The van der Waals surface area contributed by atoms with Crippen LogP contribution in [0.25, 0.3) is 0 Å². The molecule has 0 heterocycles. The number of nitro groups is 1. The molecular weight excluding hydrogens is 220 g/mol. The van der Waals surface area contributed by atoms with E-state index in [0.717, 1.165) is 6.07 Å². The van der Waals surface area contributed by atoms with Gasteiger partial charge < -0.3 is 4.74 Å². The second-order valence-electron chi connectivity index (χ2n) is 2.61. The maximum absolute atomic E-state index is 10.7. The highest BCUT2D eigenvalue weighted by atomic mass is 35.5. The van der Waals surface area contributed by atoms with Gasteiger partial charge in [0, 0.05) is 6.07 Å². The number of rotatable bonds is 3. The zero-order chi connectivity index (χ0) is 11.4. The van der Waals surface area contributed by atoms with Crippen molar-refractivity contribution in [2.24, 2.45) is 0 Å². The lowest BCUT2D eigenvalue weighted by atomic mass is 10.2. The van der Waals surface area contributed by atoms with Crippen LogP contribution in [0.4, 0.5) is 5.69 Å². The van der Waals surface area contributed by atoms with Gasteiger partial charge in [-0.25, -0.2) is 0 Å². The summed E-state index contributed by atoms with van der Waals surface area (Å²) >= 11 is 5.76. The Bertz CT molecular complexity index is 440. The molecule has 6 heteroatoms. The lowest BCUT2D eigenvalue weighted by molar-refractivity contribution is -0.385. The third-order valence-electron chi connectivity index (χ3n) is 1.64. The Labute approximate surface area is 91.0 Å². The molecule has 1 aromatic carbocycles. The van der Waals surface area contributed by atoms with E-state index in [1.54, 1.807) is 13.0 Å². The summed E-state index contributed by atoms with van der Waals surface area (Å²) in [5, 5.41) is 19.4. The van der Waals surface area contributed by atoms with Crippen molar-refractivity contribution in [3.05, 3.63) is 32.8 Å². The van der Waals surface area contributed by atoms with Gasteiger partial charge in [-0.15, -0.1) is 0 Å². The fourth-order valence-corrected chi connectivity index (χ4v) is 1.34. The molecule has 78 valence electrons. The predicted molar refractivity (Wildman–Crippen MR) is 54.0 cm³/mol. The van der Waals surface area contributed by atoms with Gasteiger partial charge in [0.05, 0.1) is 28.2 Å². The lowest BCUT2D eigenvalue weighted by Crippen LogP contribution is -1.99. The Morgan fingerprint density at radius 1 is 1.67 bits per heavy atom. The zero-order valence-electron chi connectivity index (χ0n) is 7.86. The van der Waals surface area contributed by atoms with Crippen LogP contribution >= 0.6 is 11.6 Å². The molecule has 1 rings (SSSR count). The van der Waals surface area contributed by atoms with E-state index < -0.39 is 4.92 Å². The number of nitro benzene ring substituents is 1. The minimum atomic E-state index is -0.627.